The first-order valence-corrected chi connectivity index (χ1v) is 6.50. The summed E-state index contributed by atoms with van der Waals surface area (Å²) < 4.78 is 13.0. The van der Waals surface area contributed by atoms with E-state index in [0.29, 0.717) is 5.56 Å². The van der Waals surface area contributed by atoms with Gasteiger partial charge in [0.25, 0.3) is 0 Å². The van der Waals surface area contributed by atoms with Crippen LogP contribution in [-0.2, 0) is 0 Å². The Morgan fingerprint density at radius 3 is 2.36 bits per heavy atom. The molecule has 0 aliphatic heterocycles. The zero-order valence-corrected chi connectivity index (χ0v) is 11.3. The minimum Gasteiger partial charge on any atom is -0.506 e. The number of para-hydroxylation sites is 1. The average Bonchev–Trinajstić information content (AvgIpc) is 2.55. The quantitative estimate of drug-likeness (QED) is 0.595. The number of hydrogen-bond acceptors (Lipinski definition) is 4. The van der Waals surface area contributed by atoms with Crippen molar-refractivity contribution in [3.63, 3.8) is 0 Å². The number of halogens is 1. The second-order valence-corrected chi connectivity index (χ2v) is 4.69. The van der Waals surface area contributed by atoms with Crippen molar-refractivity contribution >= 4 is 22.7 Å². The van der Waals surface area contributed by atoms with Crippen molar-refractivity contribution in [3.8, 4) is 5.75 Å². The van der Waals surface area contributed by atoms with Crippen molar-refractivity contribution in [2.45, 2.75) is 0 Å². The molecule has 3 rings (SSSR count). The van der Waals surface area contributed by atoms with Gasteiger partial charge in [-0.3, -0.25) is 14.6 Å². The number of ketones is 1. The maximum atomic E-state index is 13.0. The summed E-state index contributed by atoms with van der Waals surface area (Å²) >= 11 is 0. The third kappa shape index (κ3) is 2.22. The molecule has 0 spiro atoms. The van der Waals surface area contributed by atoms with E-state index in [1.807, 2.05) is 0 Å². The highest BCUT2D eigenvalue weighted by atomic mass is 19.1. The van der Waals surface area contributed by atoms with E-state index in [1.165, 1.54) is 18.2 Å². The van der Waals surface area contributed by atoms with Crippen molar-refractivity contribution in [1.82, 2.24) is 4.98 Å². The molecule has 4 nitrogen and oxygen atoms in total. The lowest BCUT2D eigenvalue weighted by atomic mass is 10.0. The number of carbonyl (C=O) groups excluding carboxylic acids is 2. The molecule has 1 aromatic heterocycles. The average molecular weight is 295 g/mol. The van der Waals surface area contributed by atoms with E-state index in [9.17, 15) is 19.1 Å². The van der Waals surface area contributed by atoms with E-state index in [4.69, 9.17) is 0 Å². The maximum absolute atomic E-state index is 13.0. The molecule has 0 atom stereocenters. The molecule has 5 heteroatoms. The van der Waals surface area contributed by atoms with Gasteiger partial charge in [0.05, 0.1) is 16.6 Å². The lowest BCUT2D eigenvalue weighted by Crippen LogP contribution is -2.03. The SMILES string of the molecule is O=C(c1ccccc1)c1cnc2c(C(=O)F)cccc2c1O. The van der Waals surface area contributed by atoms with Crippen LogP contribution < -0.4 is 0 Å². The van der Waals surface area contributed by atoms with E-state index in [0.717, 1.165) is 6.20 Å². The summed E-state index contributed by atoms with van der Waals surface area (Å²) in [5, 5.41) is 10.5. The summed E-state index contributed by atoms with van der Waals surface area (Å²) in [7, 11) is 0. The molecule has 1 N–H and O–H groups in total. The lowest BCUT2D eigenvalue weighted by molar-refractivity contribution is 0.0837. The Morgan fingerprint density at radius 1 is 0.955 bits per heavy atom. The number of pyridine rings is 1. The van der Waals surface area contributed by atoms with Crippen molar-refractivity contribution in [2.24, 2.45) is 0 Å². The van der Waals surface area contributed by atoms with Gasteiger partial charge in [-0.2, -0.15) is 4.39 Å². The van der Waals surface area contributed by atoms with Crippen molar-refractivity contribution in [3.05, 3.63) is 71.4 Å². The molecule has 0 saturated carbocycles. The highest BCUT2D eigenvalue weighted by Gasteiger charge is 2.19. The molecular weight excluding hydrogens is 285 g/mol. The molecule has 0 amide bonds. The van der Waals surface area contributed by atoms with Gasteiger partial charge in [0, 0.05) is 17.1 Å². The molecule has 0 unspecified atom stereocenters. The second-order valence-electron chi connectivity index (χ2n) is 4.69. The Hall–Kier alpha value is -3.08. The topological polar surface area (TPSA) is 67.3 Å². The van der Waals surface area contributed by atoms with Crippen LogP contribution >= 0.6 is 0 Å². The van der Waals surface area contributed by atoms with Crippen LogP contribution in [0.25, 0.3) is 10.9 Å². The third-order valence-corrected chi connectivity index (χ3v) is 3.36. The van der Waals surface area contributed by atoms with E-state index in [-0.39, 0.29) is 27.8 Å². The maximum Gasteiger partial charge on any atom is 0.334 e. The van der Waals surface area contributed by atoms with E-state index < -0.39 is 11.8 Å². The van der Waals surface area contributed by atoms with Gasteiger partial charge >= 0.3 is 6.04 Å². The first-order chi connectivity index (χ1) is 10.6. The van der Waals surface area contributed by atoms with Gasteiger partial charge in [0.15, 0.2) is 5.78 Å². The van der Waals surface area contributed by atoms with Crippen molar-refractivity contribution in [2.75, 3.05) is 0 Å². The molecule has 0 radical (unpaired) electrons. The van der Waals surface area contributed by atoms with E-state index in [1.54, 1.807) is 30.3 Å². The number of fused-ring (bicyclic) bond motifs is 1. The monoisotopic (exact) mass is 295 g/mol. The van der Waals surface area contributed by atoms with Gasteiger partial charge < -0.3 is 5.11 Å². The Balaban J connectivity index is 2.20. The summed E-state index contributed by atoms with van der Waals surface area (Å²) in [6, 6.07) is 11.0. The molecule has 0 bridgehead atoms. The van der Waals surface area contributed by atoms with Gasteiger partial charge in [0.2, 0.25) is 0 Å². The summed E-state index contributed by atoms with van der Waals surface area (Å²) in [5.41, 5.74) is 0.183. The number of nitrogens with zero attached hydrogens (tertiary/aromatic N) is 1. The molecule has 3 aromatic rings. The normalized spacial score (nSPS) is 10.6. The summed E-state index contributed by atoms with van der Waals surface area (Å²) in [5.74, 6) is -0.716. The highest BCUT2D eigenvalue weighted by molar-refractivity contribution is 6.14. The number of benzene rings is 2. The molecule has 0 aliphatic rings. The summed E-state index contributed by atoms with van der Waals surface area (Å²) in [6.45, 7) is 0. The first-order valence-electron chi connectivity index (χ1n) is 6.50. The third-order valence-electron chi connectivity index (χ3n) is 3.36. The smallest absolute Gasteiger partial charge is 0.334 e. The molecule has 2 aromatic carbocycles. The molecule has 108 valence electrons. The second kappa shape index (κ2) is 5.37. The van der Waals surface area contributed by atoms with E-state index in [2.05, 4.69) is 4.98 Å². The van der Waals surface area contributed by atoms with Gasteiger partial charge in [-0.05, 0) is 12.1 Å². The molecule has 0 saturated heterocycles. The van der Waals surface area contributed by atoms with Crippen LogP contribution in [0.1, 0.15) is 26.3 Å². The predicted octanol–water partition coefficient (Wildman–Crippen LogP) is 3.28. The minimum atomic E-state index is -1.64. The van der Waals surface area contributed by atoms with Crippen molar-refractivity contribution in [1.29, 1.82) is 0 Å². The molecule has 0 fully saturated rings. The standard InChI is InChI=1S/C17H10FNO3/c18-17(22)12-8-4-7-11-14(12)19-9-13(16(11)21)15(20)10-5-2-1-3-6-10/h1-9H,(H,19,21). The molecule has 1 heterocycles. The van der Waals surface area contributed by atoms with Gasteiger partial charge in [-0.15, -0.1) is 0 Å². The van der Waals surface area contributed by atoms with Crippen molar-refractivity contribution < 1.29 is 19.1 Å². The fraction of sp³-hybridized carbons (Fsp3) is 0. The van der Waals surface area contributed by atoms with Crippen LogP contribution in [0.15, 0.2) is 54.7 Å². The zero-order valence-electron chi connectivity index (χ0n) is 11.3. The van der Waals surface area contributed by atoms with Crippen LogP contribution in [0.3, 0.4) is 0 Å². The van der Waals surface area contributed by atoms with Gasteiger partial charge in [0.1, 0.15) is 5.75 Å². The largest absolute Gasteiger partial charge is 0.506 e. The van der Waals surface area contributed by atoms with E-state index >= 15 is 0 Å². The Morgan fingerprint density at radius 2 is 1.68 bits per heavy atom. The Labute approximate surface area is 124 Å². The number of aromatic nitrogens is 1. The fourth-order valence-electron chi connectivity index (χ4n) is 2.28. The fourth-order valence-corrected chi connectivity index (χ4v) is 2.28. The van der Waals surface area contributed by atoms with Crippen LogP contribution in [0, 0.1) is 0 Å². The molecule has 22 heavy (non-hydrogen) atoms. The number of carbonyl (C=O) groups is 2. The van der Waals surface area contributed by atoms with Gasteiger partial charge in [-0.1, -0.05) is 36.4 Å². The highest BCUT2D eigenvalue weighted by Crippen LogP contribution is 2.30. The molecule has 0 aliphatic carbocycles. The Bertz CT molecular complexity index is 891. The van der Waals surface area contributed by atoms with Gasteiger partial charge in [-0.25, -0.2) is 0 Å². The Kier molecular flexibility index (Phi) is 3.39. The van der Waals surface area contributed by atoms with Crippen LogP contribution in [0.5, 0.6) is 5.75 Å². The van der Waals surface area contributed by atoms with Crippen LogP contribution in [0.4, 0.5) is 4.39 Å². The predicted molar refractivity (Wildman–Crippen MR) is 78.7 cm³/mol. The number of hydrogen-bond donors (Lipinski definition) is 1. The first kappa shape index (κ1) is 13.9. The minimum absolute atomic E-state index is 0.00200. The number of rotatable bonds is 3. The van der Waals surface area contributed by atoms with Crippen LogP contribution in [-0.4, -0.2) is 21.9 Å². The summed E-state index contributed by atoms with van der Waals surface area (Å²) in [4.78, 5) is 27.3. The van der Waals surface area contributed by atoms with Crippen LogP contribution in [0.2, 0.25) is 0 Å². The lowest BCUT2D eigenvalue weighted by Gasteiger charge is -2.08. The number of aromatic hydroxyl groups is 1. The molecular formula is C17H10FNO3. The summed E-state index contributed by atoms with van der Waals surface area (Å²) in [6.07, 6.45) is 1.15. The zero-order chi connectivity index (χ0) is 15.7.